The number of anilines is 1. The van der Waals surface area contributed by atoms with Crippen LogP contribution in [0.1, 0.15) is 25.0 Å². The van der Waals surface area contributed by atoms with Crippen molar-refractivity contribution in [3.63, 3.8) is 0 Å². The summed E-state index contributed by atoms with van der Waals surface area (Å²) in [5, 5.41) is 12.1. The lowest BCUT2D eigenvalue weighted by molar-refractivity contribution is -0.0393. The molecule has 0 aromatic carbocycles. The number of H-pyrrole nitrogens is 1. The average molecular weight is 390 g/mol. The molecule has 3 aromatic heterocycles. The monoisotopic (exact) mass is 389 g/mol. The maximum absolute atomic E-state index is 6.15. The van der Waals surface area contributed by atoms with E-state index < -0.39 is 0 Å². The van der Waals surface area contributed by atoms with Crippen LogP contribution in [0, 0.1) is 4.64 Å². The van der Waals surface area contributed by atoms with Crippen LogP contribution in [0.5, 0.6) is 0 Å². The van der Waals surface area contributed by atoms with Crippen LogP contribution >= 0.6 is 23.6 Å². The zero-order chi connectivity index (χ0) is 17.9. The molecule has 5 heterocycles. The molecule has 3 aromatic rings. The molecule has 0 amide bonds. The molecule has 0 aliphatic carbocycles. The maximum Gasteiger partial charge on any atom is 0.169 e. The maximum atomic E-state index is 6.15. The van der Waals surface area contributed by atoms with Crippen LogP contribution in [-0.4, -0.2) is 52.3 Å². The molecule has 9 heteroatoms. The quantitative estimate of drug-likeness (QED) is 0.641. The smallest absolute Gasteiger partial charge is 0.169 e. The second-order valence-corrected chi connectivity index (χ2v) is 8.71. The minimum Gasteiger partial charge on any atom is -0.378 e. The first-order valence-electron chi connectivity index (χ1n) is 8.69. The van der Waals surface area contributed by atoms with Crippen LogP contribution in [0.4, 0.5) is 5.82 Å². The van der Waals surface area contributed by atoms with Crippen molar-refractivity contribution in [2.75, 3.05) is 31.2 Å². The van der Waals surface area contributed by atoms with Gasteiger partial charge in [-0.3, -0.25) is 5.10 Å². The summed E-state index contributed by atoms with van der Waals surface area (Å²) in [6.45, 7) is 8.02. The highest BCUT2D eigenvalue weighted by Gasteiger charge is 2.33. The lowest BCUT2D eigenvalue weighted by Gasteiger charge is -2.36. The number of aromatic amines is 1. The number of nitrogens with one attached hydrogen (secondary N) is 1. The van der Waals surface area contributed by atoms with Gasteiger partial charge in [-0.05, 0) is 19.4 Å². The third kappa shape index (κ3) is 2.53. The Hall–Kier alpha value is -1.68. The standard InChI is InChI=1S/C17H19N5O2S2/c1-17(2)7-9-10(8-24-17)11-12-13(15(25)20-21-19-12)26-16(11)18-14(9)22-3-5-23-6-4-22/h3-8H2,1-2H3,(H,19,20,25). The molecule has 0 unspecified atom stereocenters. The molecule has 1 fully saturated rings. The Morgan fingerprint density at radius 3 is 2.85 bits per heavy atom. The summed E-state index contributed by atoms with van der Waals surface area (Å²) >= 11 is 6.95. The highest BCUT2D eigenvalue weighted by Crippen LogP contribution is 2.42. The molecule has 1 N–H and O–H groups in total. The van der Waals surface area contributed by atoms with E-state index >= 15 is 0 Å². The normalized spacial score (nSPS) is 19.8. The second kappa shape index (κ2) is 5.91. The fraction of sp³-hybridized carbons (Fsp3) is 0.529. The van der Waals surface area contributed by atoms with Crippen LogP contribution < -0.4 is 4.90 Å². The number of pyridine rings is 1. The van der Waals surface area contributed by atoms with Gasteiger partial charge in [-0.2, -0.15) is 0 Å². The van der Waals surface area contributed by atoms with E-state index in [0.717, 1.165) is 59.0 Å². The Bertz CT molecular complexity index is 1070. The number of rotatable bonds is 1. The number of nitrogens with zero attached hydrogens (tertiary/aromatic N) is 4. The van der Waals surface area contributed by atoms with E-state index in [9.17, 15) is 0 Å². The van der Waals surface area contributed by atoms with E-state index in [1.54, 1.807) is 11.3 Å². The van der Waals surface area contributed by atoms with E-state index in [1.807, 2.05) is 0 Å². The molecule has 0 saturated carbocycles. The van der Waals surface area contributed by atoms with Gasteiger partial charge in [0.2, 0.25) is 0 Å². The Morgan fingerprint density at radius 2 is 2.04 bits per heavy atom. The zero-order valence-corrected chi connectivity index (χ0v) is 16.3. The van der Waals surface area contributed by atoms with Crippen molar-refractivity contribution < 1.29 is 9.47 Å². The van der Waals surface area contributed by atoms with Gasteiger partial charge in [0.05, 0.1) is 35.6 Å². The van der Waals surface area contributed by atoms with Gasteiger partial charge in [0.15, 0.2) is 4.64 Å². The van der Waals surface area contributed by atoms with Crippen molar-refractivity contribution in [1.29, 1.82) is 0 Å². The molecular weight excluding hydrogens is 370 g/mol. The topological polar surface area (TPSA) is 76.2 Å². The summed E-state index contributed by atoms with van der Waals surface area (Å²) in [6.07, 6.45) is 0.828. The average Bonchev–Trinajstić information content (AvgIpc) is 3.01. The molecule has 0 radical (unpaired) electrons. The number of hydrogen-bond acceptors (Lipinski definition) is 8. The van der Waals surface area contributed by atoms with Crippen molar-refractivity contribution in [3.05, 3.63) is 15.8 Å². The Kier molecular flexibility index (Phi) is 3.75. The number of hydrogen-bond donors (Lipinski definition) is 1. The van der Waals surface area contributed by atoms with E-state index in [-0.39, 0.29) is 5.60 Å². The Labute approximate surface area is 159 Å². The van der Waals surface area contributed by atoms with Crippen molar-refractivity contribution in [1.82, 2.24) is 20.4 Å². The predicted molar refractivity (Wildman–Crippen MR) is 104 cm³/mol. The summed E-state index contributed by atoms with van der Waals surface area (Å²) in [7, 11) is 0. The first-order valence-corrected chi connectivity index (χ1v) is 9.92. The molecule has 136 valence electrons. The van der Waals surface area contributed by atoms with Crippen LogP contribution in [0.25, 0.3) is 20.4 Å². The second-order valence-electron chi connectivity index (χ2n) is 7.32. The van der Waals surface area contributed by atoms with Gasteiger partial charge in [-0.25, -0.2) is 4.98 Å². The molecule has 2 aliphatic heterocycles. The summed E-state index contributed by atoms with van der Waals surface area (Å²) in [5.74, 6) is 1.06. The molecule has 0 bridgehead atoms. The van der Waals surface area contributed by atoms with Crippen LogP contribution in [-0.2, 0) is 22.5 Å². The lowest BCUT2D eigenvalue weighted by Crippen LogP contribution is -2.39. The number of fused-ring (bicyclic) bond motifs is 5. The molecule has 0 atom stereocenters. The minimum absolute atomic E-state index is 0.206. The predicted octanol–water partition coefficient (Wildman–Crippen LogP) is 2.98. The number of ether oxygens (including phenoxy) is 2. The fourth-order valence-electron chi connectivity index (χ4n) is 3.78. The Balaban J connectivity index is 1.83. The van der Waals surface area contributed by atoms with Gasteiger partial charge in [-0.15, -0.1) is 16.4 Å². The van der Waals surface area contributed by atoms with Gasteiger partial charge in [0.1, 0.15) is 10.6 Å². The Morgan fingerprint density at radius 1 is 1.23 bits per heavy atom. The third-order valence-corrected chi connectivity index (χ3v) is 6.56. The van der Waals surface area contributed by atoms with E-state index in [0.29, 0.717) is 11.2 Å². The third-order valence-electron chi connectivity index (χ3n) is 5.05. The van der Waals surface area contributed by atoms with Crippen LogP contribution in [0.2, 0.25) is 0 Å². The number of morpholine rings is 1. The van der Waals surface area contributed by atoms with Crippen LogP contribution in [0.3, 0.4) is 0 Å². The molecular formula is C17H19N5O2S2. The van der Waals surface area contributed by atoms with Gasteiger partial charge in [-0.1, -0.05) is 17.4 Å². The molecule has 26 heavy (non-hydrogen) atoms. The molecule has 0 spiro atoms. The summed E-state index contributed by atoms with van der Waals surface area (Å²) in [6, 6.07) is 0. The summed E-state index contributed by atoms with van der Waals surface area (Å²) in [4.78, 5) is 8.36. The highest BCUT2D eigenvalue weighted by molar-refractivity contribution is 7.71. The van der Waals surface area contributed by atoms with Crippen molar-refractivity contribution in [2.24, 2.45) is 0 Å². The van der Waals surface area contributed by atoms with E-state index in [1.165, 1.54) is 11.1 Å². The molecule has 5 rings (SSSR count). The molecule has 1 saturated heterocycles. The number of thiophene rings is 1. The first-order chi connectivity index (χ1) is 12.5. The first kappa shape index (κ1) is 16.5. The van der Waals surface area contributed by atoms with Crippen molar-refractivity contribution >= 4 is 49.8 Å². The largest absolute Gasteiger partial charge is 0.378 e. The summed E-state index contributed by atoms with van der Waals surface area (Å²) < 4.78 is 13.1. The zero-order valence-electron chi connectivity index (χ0n) is 14.7. The minimum atomic E-state index is -0.206. The van der Waals surface area contributed by atoms with Gasteiger partial charge < -0.3 is 14.4 Å². The number of aromatic nitrogens is 4. The fourth-order valence-corrected chi connectivity index (χ4v) is 5.08. The molecule has 2 aliphatic rings. The van der Waals surface area contributed by atoms with Gasteiger partial charge >= 0.3 is 0 Å². The lowest BCUT2D eigenvalue weighted by atomic mass is 9.90. The highest BCUT2D eigenvalue weighted by atomic mass is 32.1. The van der Waals surface area contributed by atoms with E-state index in [4.69, 9.17) is 26.7 Å². The van der Waals surface area contributed by atoms with Gasteiger partial charge in [0.25, 0.3) is 0 Å². The van der Waals surface area contributed by atoms with Gasteiger partial charge in [0, 0.05) is 30.5 Å². The molecule has 7 nitrogen and oxygen atoms in total. The van der Waals surface area contributed by atoms with Crippen molar-refractivity contribution in [3.8, 4) is 0 Å². The van der Waals surface area contributed by atoms with Crippen molar-refractivity contribution in [2.45, 2.75) is 32.5 Å². The van der Waals surface area contributed by atoms with Crippen LogP contribution in [0.15, 0.2) is 0 Å². The summed E-state index contributed by atoms with van der Waals surface area (Å²) in [5.41, 5.74) is 3.18. The van der Waals surface area contributed by atoms with E-state index in [2.05, 4.69) is 34.2 Å². The SMILES string of the molecule is CC1(C)Cc2c(N3CCOCC3)nc3sc4c(=S)nn[nH]c4c3c2CO1.